The van der Waals surface area contributed by atoms with E-state index in [4.69, 9.17) is 24.7 Å². The van der Waals surface area contributed by atoms with Gasteiger partial charge >= 0.3 is 23.6 Å². The molecule has 4 atom stereocenters. The maximum Gasteiger partial charge on any atom is 0.354 e. The Bertz CT molecular complexity index is 1580. The summed E-state index contributed by atoms with van der Waals surface area (Å²) >= 11 is 0. The molecule has 0 amide bonds. The Morgan fingerprint density at radius 1 is 0.756 bits per heavy atom. The lowest BCUT2D eigenvalue weighted by molar-refractivity contribution is -0.0643. The molecule has 2 unspecified atom stereocenters. The molecule has 4 aromatic rings. The Balaban J connectivity index is 1.49. The first kappa shape index (κ1) is 27.2. The van der Waals surface area contributed by atoms with Gasteiger partial charge in [0.2, 0.25) is 5.95 Å². The normalized spacial score (nSPS) is 19.7. The molecule has 1 aliphatic rings. The molecule has 208 valence electrons. The van der Waals surface area contributed by atoms with Gasteiger partial charge in [0.15, 0.2) is 18.4 Å². The third kappa shape index (κ3) is 6.28. The van der Waals surface area contributed by atoms with E-state index in [-0.39, 0.29) is 22.6 Å². The molecule has 12 nitrogen and oxygen atoms in total. The maximum absolute atomic E-state index is 13.1. The zero-order valence-electron chi connectivity index (χ0n) is 21.4. The average Bonchev–Trinajstić information content (AvgIpc) is 3.33. The van der Waals surface area contributed by atoms with Crippen LogP contribution >= 0.6 is 0 Å². The van der Waals surface area contributed by atoms with Crippen molar-refractivity contribution in [2.24, 2.45) is 0 Å². The summed E-state index contributed by atoms with van der Waals surface area (Å²) in [7, 11) is 0. The number of hydrogen-bond acceptors (Lipinski definition) is 11. The van der Waals surface area contributed by atoms with Crippen LogP contribution in [0.2, 0.25) is 0 Å². The highest BCUT2D eigenvalue weighted by Crippen LogP contribution is 2.34. The van der Waals surface area contributed by atoms with E-state index in [1.165, 1.54) is 12.1 Å². The van der Waals surface area contributed by atoms with Crippen LogP contribution in [0.4, 0.5) is 5.95 Å². The molecule has 5 rings (SSSR count). The molecule has 0 saturated carbocycles. The van der Waals surface area contributed by atoms with Crippen molar-refractivity contribution in [1.82, 2.24) is 14.5 Å². The van der Waals surface area contributed by atoms with Crippen molar-refractivity contribution in [3.8, 4) is 0 Å². The van der Waals surface area contributed by atoms with Crippen molar-refractivity contribution >= 4 is 23.9 Å². The first-order chi connectivity index (χ1) is 19.9. The van der Waals surface area contributed by atoms with Gasteiger partial charge in [0, 0.05) is 0 Å². The highest BCUT2D eigenvalue weighted by atomic mass is 16.7. The van der Waals surface area contributed by atoms with Gasteiger partial charge in [-0.15, -0.1) is 0 Å². The number of benzene rings is 3. The molecule has 2 heterocycles. The van der Waals surface area contributed by atoms with Gasteiger partial charge in [-0.1, -0.05) is 54.6 Å². The SMILES string of the molecule is Nc1ncn([C@@H]2O[C@H](COC(=O)c3ccccc3)C(OC(=O)c3ccccc3)C2OC(=O)c2ccccc2)c(=O)n1. The maximum atomic E-state index is 13.1. The minimum Gasteiger partial charge on any atom is -0.459 e. The van der Waals surface area contributed by atoms with E-state index in [1.807, 2.05) is 0 Å². The van der Waals surface area contributed by atoms with Crippen LogP contribution in [0.15, 0.2) is 102 Å². The zero-order chi connectivity index (χ0) is 28.8. The lowest BCUT2D eigenvalue weighted by Crippen LogP contribution is -2.42. The molecule has 3 aromatic carbocycles. The van der Waals surface area contributed by atoms with E-state index in [2.05, 4.69) is 9.97 Å². The fraction of sp³-hybridized carbons (Fsp3) is 0.172. The van der Waals surface area contributed by atoms with Crippen LogP contribution in [-0.2, 0) is 18.9 Å². The second kappa shape index (κ2) is 12.2. The number of ether oxygens (including phenoxy) is 4. The Morgan fingerprint density at radius 3 is 1.76 bits per heavy atom. The minimum absolute atomic E-state index is 0.208. The van der Waals surface area contributed by atoms with Crippen molar-refractivity contribution in [1.29, 1.82) is 0 Å². The molecule has 0 spiro atoms. The zero-order valence-corrected chi connectivity index (χ0v) is 21.4. The van der Waals surface area contributed by atoms with Gasteiger partial charge < -0.3 is 24.7 Å². The Kier molecular flexibility index (Phi) is 8.11. The van der Waals surface area contributed by atoms with Crippen molar-refractivity contribution in [2.75, 3.05) is 12.3 Å². The van der Waals surface area contributed by atoms with Gasteiger partial charge in [-0.2, -0.15) is 4.98 Å². The largest absolute Gasteiger partial charge is 0.459 e. The number of nitrogens with two attached hydrogens (primary N) is 1. The van der Waals surface area contributed by atoms with Crippen LogP contribution in [0.5, 0.6) is 0 Å². The highest BCUT2D eigenvalue weighted by Gasteiger charge is 2.51. The van der Waals surface area contributed by atoms with E-state index in [1.54, 1.807) is 78.9 Å². The van der Waals surface area contributed by atoms with Crippen molar-refractivity contribution in [2.45, 2.75) is 24.5 Å². The van der Waals surface area contributed by atoms with Crippen LogP contribution in [0.3, 0.4) is 0 Å². The second-order valence-electron chi connectivity index (χ2n) is 8.91. The first-order valence-corrected chi connectivity index (χ1v) is 12.5. The molecule has 1 fully saturated rings. The molecule has 0 bridgehead atoms. The molecule has 0 radical (unpaired) electrons. The topological polar surface area (TPSA) is 162 Å². The average molecular weight is 557 g/mol. The molecule has 2 N–H and O–H groups in total. The van der Waals surface area contributed by atoms with Crippen LogP contribution in [0, 0.1) is 0 Å². The summed E-state index contributed by atoms with van der Waals surface area (Å²) in [5, 5.41) is 0. The monoisotopic (exact) mass is 556 g/mol. The van der Waals surface area contributed by atoms with Crippen molar-refractivity contribution in [3.05, 3.63) is 124 Å². The molecule has 1 aromatic heterocycles. The first-order valence-electron chi connectivity index (χ1n) is 12.5. The Morgan fingerprint density at radius 2 is 1.24 bits per heavy atom. The van der Waals surface area contributed by atoms with Gasteiger partial charge in [0.1, 0.15) is 19.0 Å². The predicted molar refractivity (Wildman–Crippen MR) is 143 cm³/mol. The standard InChI is InChI=1S/C29H24N4O8/c30-28-31-17-33(29(37)32-28)24-23(41-27(36)20-14-8-3-9-15-20)22(40-26(35)19-12-6-2-7-13-19)21(39-24)16-38-25(34)18-10-4-1-5-11-18/h1-15,17,21-24H,16H2,(H2,30,32,37)/t21-,22?,23?,24-/m1/s1. The molecule has 12 heteroatoms. The summed E-state index contributed by atoms with van der Waals surface area (Å²) in [6.07, 6.45) is -4.12. The number of hydrogen-bond donors (Lipinski definition) is 1. The van der Waals surface area contributed by atoms with Gasteiger partial charge in [0.25, 0.3) is 0 Å². The second-order valence-corrected chi connectivity index (χ2v) is 8.91. The number of anilines is 1. The quantitative estimate of drug-likeness (QED) is 0.251. The predicted octanol–water partition coefficient (Wildman–Crippen LogP) is 2.43. The molecule has 0 aliphatic carbocycles. The van der Waals surface area contributed by atoms with Crippen LogP contribution in [0.25, 0.3) is 0 Å². The van der Waals surface area contributed by atoms with Crippen LogP contribution in [-0.4, -0.2) is 57.4 Å². The van der Waals surface area contributed by atoms with E-state index < -0.39 is 54.7 Å². The molecular weight excluding hydrogens is 532 g/mol. The molecule has 41 heavy (non-hydrogen) atoms. The van der Waals surface area contributed by atoms with Crippen LogP contribution in [0.1, 0.15) is 37.3 Å². The number of carbonyl (C=O) groups excluding carboxylic acids is 3. The molecule has 1 saturated heterocycles. The summed E-state index contributed by atoms with van der Waals surface area (Å²) in [5.41, 5.74) is 5.42. The number of rotatable bonds is 8. The summed E-state index contributed by atoms with van der Waals surface area (Å²) in [5.74, 6) is -2.45. The fourth-order valence-corrected chi connectivity index (χ4v) is 4.21. The lowest BCUT2D eigenvalue weighted by atomic mass is 10.1. The third-order valence-corrected chi connectivity index (χ3v) is 6.20. The number of aromatic nitrogens is 3. The van der Waals surface area contributed by atoms with Gasteiger partial charge in [-0.05, 0) is 36.4 Å². The third-order valence-electron chi connectivity index (χ3n) is 6.20. The number of nitrogens with zero attached hydrogens (tertiary/aromatic N) is 3. The Labute approximate surface area is 233 Å². The van der Waals surface area contributed by atoms with Crippen molar-refractivity contribution < 1.29 is 33.3 Å². The van der Waals surface area contributed by atoms with E-state index >= 15 is 0 Å². The minimum atomic E-state index is -1.37. The van der Waals surface area contributed by atoms with E-state index in [0.29, 0.717) is 0 Å². The molecule has 1 aliphatic heterocycles. The van der Waals surface area contributed by atoms with Gasteiger partial charge in [-0.25, -0.2) is 24.2 Å². The lowest BCUT2D eigenvalue weighted by Gasteiger charge is -2.24. The van der Waals surface area contributed by atoms with Crippen LogP contribution < -0.4 is 11.4 Å². The summed E-state index contributed by atoms with van der Waals surface area (Å²) in [6, 6.07) is 24.5. The number of nitrogen functional groups attached to an aromatic ring is 1. The summed E-state index contributed by atoms with van der Waals surface area (Å²) in [6.45, 7) is -0.402. The number of carbonyl (C=O) groups is 3. The van der Waals surface area contributed by atoms with Gasteiger partial charge in [-0.3, -0.25) is 4.57 Å². The number of esters is 3. The van der Waals surface area contributed by atoms with Gasteiger partial charge in [0.05, 0.1) is 16.7 Å². The summed E-state index contributed by atoms with van der Waals surface area (Å²) < 4.78 is 24.1. The highest BCUT2D eigenvalue weighted by molar-refractivity contribution is 5.91. The molecular formula is C29H24N4O8. The van der Waals surface area contributed by atoms with Crippen molar-refractivity contribution in [3.63, 3.8) is 0 Å². The Hall–Kier alpha value is -5.36. The summed E-state index contributed by atoms with van der Waals surface area (Å²) in [4.78, 5) is 59.2. The smallest absolute Gasteiger partial charge is 0.354 e. The van der Waals surface area contributed by atoms with E-state index in [9.17, 15) is 19.2 Å². The van der Waals surface area contributed by atoms with E-state index in [0.717, 1.165) is 10.9 Å². The fourth-order valence-electron chi connectivity index (χ4n) is 4.21.